The van der Waals surface area contributed by atoms with Gasteiger partial charge in [-0.25, -0.2) is 14.6 Å². The molecule has 0 radical (unpaired) electrons. The number of ether oxygens (including phenoxy) is 1. The normalized spacial score (nSPS) is 36.4. The first-order valence-corrected chi connectivity index (χ1v) is 12.3. The number of carbonyl (C=O) groups is 1. The molecule has 5 aliphatic rings. The smallest absolute Gasteiger partial charge is 0.410 e. The van der Waals surface area contributed by atoms with Crippen LogP contribution in [0.15, 0.2) is 24.3 Å². The average molecular weight is 429 g/mol. The second-order valence-corrected chi connectivity index (χ2v) is 10.2. The molecule has 4 bridgehead atoms. The lowest BCUT2D eigenvalue weighted by molar-refractivity contribution is -0.384. The third kappa shape index (κ3) is 4.91. The fraction of sp³-hybridized carbons (Fsp3) is 0.720. The number of rotatable bonds is 7. The van der Waals surface area contributed by atoms with Gasteiger partial charge in [0.25, 0.3) is 0 Å². The molecule has 2 atom stereocenters. The molecule has 0 aromatic heterocycles. The summed E-state index contributed by atoms with van der Waals surface area (Å²) >= 11 is 0. The van der Waals surface area contributed by atoms with Gasteiger partial charge in [-0.15, -0.1) is 0 Å². The van der Waals surface area contributed by atoms with Gasteiger partial charge in [-0.1, -0.05) is 18.6 Å². The molecule has 0 heterocycles. The van der Waals surface area contributed by atoms with Crippen molar-refractivity contribution in [3.8, 4) is 5.75 Å². The summed E-state index contributed by atoms with van der Waals surface area (Å²) in [5.74, 6) is 4.38. The standard InChI is InChI=1S/C25H36N2O4/c26-8-9-27-25(28)29-22-6-4-18(5-7-22)19-2-1-3-23(15-19)30-31-24-20-11-16-10-17(13-20)14-21(24)12-16/h4-7,16-17,19-21,23-24H,1-3,8-15,26H2,(H,27,28). The van der Waals surface area contributed by atoms with Crippen LogP contribution in [0.1, 0.15) is 69.3 Å². The Balaban J connectivity index is 1.11. The Bertz CT molecular complexity index is 724. The second-order valence-electron chi connectivity index (χ2n) is 10.2. The molecule has 6 nitrogen and oxygen atoms in total. The van der Waals surface area contributed by atoms with E-state index in [0.717, 1.165) is 49.4 Å². The molecular weight excluding hydrogens is 392 g/mol. The van der Waals surface area contributed by atoms with Crippen molar-refractivity contribution >= 4 is 6.09 Å². The van der Waals surface area contributed by atoms with Gasteiger partial charge >= 0.3 is 6.09 Å². The Hall–Kier alpha value is -1.63. The summed E-state index contributed by atoms with van der Waals surface area (Å²) < 4.78 is 5.28. The van der Waals surface area contributed by atoms with Gasteiger partial charge in [-0.3, -0.25) is 0 Å². The molecule has 5 saturated carbocycles. The van der Waals surface area contributed by atoms with Crippen molar-refractivity contribution in [2.75, 3.05) is 13.1 Å². The number of hydrogen-bond acceptors (Lipinski definition) is 5. The summed E-state index contributed by atoms with van der Waals surface area (Å²) in [5, 5.41) is 2.61. The highest BCUT2D eigenvalue weighted by Crippen LogP contribution is 2.54. The van der Waals surface area contributed by atoms with Crippen LogP contribution >= 0.6 is 0 Å². The third-order valence-electron chi connectivity index (χ3n) is 8.04. The van der Waals surface area contributed by atoms with Gasteiger partial charge in [0, 0.05) is 13.1 Å². The summed E-state index contributed by atoms with van der Waals surface area (Å²) in [6, 6.07) is 7.87. The highest BCUT2D eigenvalue weighted by atomic mass is 17.2. The van der Waals surface area contributed by atoms with Crippen molar-refractivity contribution in [3.05, 3.63) is 29.8 Å². The predicted molar refractivity (Wildman–Crippen MR) is 118 cm³/mol. The molecular formula is C25H36N2O4. The lowest BCUT2D eigenvalue weighted by Crippen LogP contribution is -2.49. The zero-order chi connectivity index (χ0) is 21.2. The van der Waals surface area contributed by atoms with Gasteiger partial charge in [0.1, 0.15) is 5.75 Å². The van der Waals surface area contributed by atoms with Crippen molar-refractivity contribution in [1.29, 1.82) is 0 Å². The van der Waals surface area contributed by atoms with E-state index in [1.165, 1.54) is 37.7 Å². The van der Waals surface area contributed by atoms with Gasteiger partial charge in [0.2, 0.25) is 0 Å². The Labute approximate surface area is 185 Å². The van der Waals surface area contributed by atoms with E-state index in [1.807, 2.05) is 12.1 Å². The molecule has 170 valence electrons. The molecule has 1 aromatic carbocycles. The summed E-state index contributed by atoms with van der Waals surface area (Å²) in [6.07, 6.45) is 11.3. The topological polar surface area (TPSA) is 82.8 Å². The first kappa shape index (κ1) is 21.2. The summed E-state index contributed by atoms with van der Waals surface area (Å²) in [5.41, 5.74) is 6.66. The lowest BCUT2D eigenvalue weighted by atomic mass is 9.55. The lowest BCUT2D eigenvalue weighted by Gasteiger charge is -2.53. The molecule has 1 aromatic rings. The number of amides is 1. The van der Waals surface area contributed by atoms with E-state index in [4.69, 9.17) is 20.2 Å². The summed E-state index contributed by atoms with van der Waals surface area (Å²) in [7, 11) is 0. The predicted octanol–water partition coefficient (Wildman–Crippen LogP) is 4.53. The Morgan fingerprint density at radius 3 is 2.32 bits per heavy atom. The Morgan fingerprint density at radius 2 is 1.65 bits per heavy atom. The van der Waals surface area contributed by atoms with Crippen LogP contribution in [0.4, 0.5) is 4.79 Å². The molecule has 3 N–H and O–H groups in total. The maximum absolute atomic E-state index is 11.7. The SMILES string of the molecule is NCCNC(=O)Oc1ccc(C2CCCC(OOC3C4CC5CC(C4)CC3C5)C2)cc1. The van der Waals surface area contributed by atoms with Gasteiger partial charge in [0.15, 0.2) is 0 Å². The van der Waals surface area contributed by atoms with E-state index < -0.39 is 6.09 Å². The van der Waals surface area contributed by atoms with E-state index >= 15 is 0 Å². The zero-order valence-corrected chi connectivity index (χ0v) is 18.3. The second kappa shape index (κ2) is 9.47. The molecule has 5 aliphatic carbocycles. The fourth-order valence-corrected chi connectivity index (χ4v) is 6.84. The molecule has 2 unspecified atom stereocenters. The van der Waals surface area contributed by atoms with Crippen LogP contribution < -0.4 is 15.8 Å². The minimum absolute atomic E-state index is 0.175. The van der Waals surface area contributed by atoms with Crippen LogP contribution in [0.5, 0.6) is 5.75 Å². The molecule has 6 rings (SSSR count). The number of nitrogens with two attached hydrogens (primary N) is 1. The maximum Gasteiger partial charge on any atom is 0.412 e. The van der Waals surface area contributed by atoms with Gasteiger partial charge in [-0.05, 0) is 98.7 Å². The van der Waals surface area contributed by atoms with Gasteiger partial charge < -0.3 is 15.8 Å². The van der Waals surface area contributed by atoms with Crippen LogP contribution in [0, 0.1) is 23.7 Å². The number of benzene rings is 1. The number of hydrogen-bond donors (Lipinski definition) is 2. The largest absolute Gasteiger partial charge is 0.412 e. The number of nitrogens with one attached hydrogen (secondary N) is 1. The van der Waals surface area contributed by atoms with Crippen molar-refractivity contribution in [1.82, 2.24) is 5.32 Å². The van der Waals surface area contributed by atoms with Crippen LogP contribution in [0.2, 0.25) is 0 Å². The third-order valence-corrected chi connectivity index (χ3v) is 8.04. The zero-order valence-electron chi connectivity index (χ0n) is 18.3. The molecule has 31 heavy (non-hydrogen) atoms. The van der Waals surface area contributed by atoms with E-state index in [1.54, 1.807) is 0 Å². The summed E-state index contributed by atoms with van der Waals surface area (Å²) in [6.45, 7) is 0.803. The maximum atomic E-state index is 11.7. The van der Waals surface area contributed by atoms with Crippen LogP contribution in [0.25, 0.3) is 0 Å². The monoisotopic (exact) mass is 428 g/mol. The molecule has 0 saturated heterocycles. The molecule has 6 heteroatoms. The highest BCUT2D eigenvalue weighted by molar-refractivity contribution is 5.70. The number of carbonyl (C=O) groups excluding carboxylic acids is 1. The van der Waals surface area contributed by atoms with E-state index in [2.05, 4.69) is 17.4 Å². The molecule has 0 aliphatic heterocycles. The molecule has 5 fully saturated rings. The molecule has 1 amide bonds. The Morgan fingerprint density at radius 1 is 0.935 bits per heavy atom. The first-order chi connectivity index (χ1) is 15.2. The summed E-state index contributed by atoms with van der Waals surface area (Å²) in [4.78, 5) is 23.9. The van der Waals surface area contributed by atoms with Crippen molar-refractivity contribution < 1.29 is 19.3 Å². The fourth-order valence-electron chi connectivity index (χ4n) is 6.84. The average Bonchev–Trinajstić information content (AvgIpc) is 2.77. The Kier molecular flexibility index (Phi) is 6.49. The first-order valence-electron chi connectivity index (χ1n) is 12.3. The molecule has 0 spiro atoms. The quantitative estimate of drug-likeness (QED) is 0.492. The minimum atomic E-state index is -0.466. The van der Waals surface area contributed by atoms with E-state index in [0.29, 0.717) is 30.9 Å². The van der Waals surface area contributed by atoms with E-state index in [-0.39, 0.29) is 6.10 Å². The highest BCUT2D eigenvalue weighted by Gasteiger charge is 2.49. The van der Waals surface area contributed by atoms with E-state index in [9.17, 15) is 4.79 Å². The van der Waals surface area contributed by atoms with Crippen LogP contribution in [-0.4, -0.2) is 31.4 Å². The van der Waals surface area contributed by atoms with Crippen molar-refractivity contribution in [3.63, 3.8) is 0 Å². The van der Waals surface area contributed by atoms with Crippen molar-refractivity contribution in [2.45, 2.75) is 75.9 Å². The van der Waals surface area contributed by atoms with Gasteiger partial charge in [0.05, 0.1) is 12.2 Å². The van der Waals surface area contributed by atoms with Crippen LogP contribution in [0.3, 0.4) is 0 Å². The van der Waals surface area contributed by atoms with Gasteiger partial charge in [-0.2, -0.15) is 0 Å². The van der Waals surface area contributed by atoms with Crippen LogP contribution in [-0.2, 0) is 9.78 Å². The van der Waals surface area contributed by atoms with Crippen molar-refractivity contribution in [2.24, 2.45) is 29.4 Å². The minimum Gasteiger partial charge on any atom is -0.410 e.